The third kappa shape index (κ3) is 5.57. The van der Waals surface area contributed by atoms with Crippen LogP contribution in [0, 0.1) is 29.4 Å². The van der Waals surface area contributed by atoms with Crippen LogP contribution in [0.5, 0.6) is 11.5 Å². The van der Waals surface area contributed by atoms with Gasteiger partial charge in [-0.2, -0.15) is 0 Å². The van der Waals surface area contributed by atoms with Gasteiger partial charge in [0.15, 0.2) is 0 Å². The number of rotatable bonds is 7. The van der Waals surface area contributed by atoms with Gasteiger partial charge in [0.05, 0.1) is 5.56 Å². The molecule has 2 aliphatic rings. The van der Waals surface area contributed by atoms with E-state index in [1.165, 1.54) is 0 Å². The van der Waals surface area contributed by atoms with Crippen LogP contribution in [-0.4, -0.2) is 12.6 Å². The molecule has 4 rings (SSSR count). The third-order valence-corrected chi connectivity index (χ3v) is 7.33. The van der Waals surface area contributed by atoms with Gasteiger partial charge in [0.2, 0.25) is 0 Å². The van der Waals surface area contributed by atoms with E-state index in [0.717, 1.165) is 50.7 Å². The van der Waals surface area contributed by atoms with Crippen LogP contribution in [0.4, 0.5) is 8.78 Å². The summed E-state index contributed by atoms with van der Waals surface area (Å²) in [5.41, 5.74) is -0.0178. The van der Waals surface area contributed by atoms with Gasteiger partial charge in [-0.3, -0.25) is 0 Å². The number of carbonyl (C=O) groups excluding carboxylic acids is 1. The summed E-state index contributed by atoms with van der Waals surface area (Å²) in [5, 5.41) is 0. The molecule has 4 atom stereocenters. The Labute approximate surface area is 200 Å². The zero-order valence-corrected chi connectivity index (χ0v) is 19.6. The Hall–Kier alpha value is -2.95. The number of allylic oxidation sites excluding steroid dienone is 2. The molecule has 0 heterocycles. The summed E-state index contributed by atoms with van der Waals surface area (Å²) >= 11 is 0. The van der Waals surface area contributed by atoms with Crippen molar-refractivity contribution in [1.82, 2.24) is 0 Å². The highest BCUT2D eigenvalue weighted by molar-refractivity contribution is 5.91. The molecule has 0 spiro atoms. The number of hydrogen-bond donors (Lipinski definition) is 0. The predicted molar refractivity (Wildman–Crippen MR) is 129 cm³/mol. The quantitative estimate of drug-likeness (QED) is 0.239. The van der Waals surface area contributed by atoms with Gasteiger partial charge in [-0.05, 0) is 106 Å². The highest BCUT2D eigenvalue weighted by Crippen LogP contribution is 2.48. The van der Waals surface area contributed by atoms with E-state index >= 15 is 8.78 Å². The van der Waals surface area contributed by atoms with Crippen LogP contribution < -0.4 is 9.47 Å². The smallest absolute Gasteiger partial charge is 0.343 e. The topological polar surface area (TPSA) is 35.5 Å². The maximum atomic E-state index is 15.1. The van der Waals surface area contributed by atoms with Gasteiger partial charge in [-0.1, -0.05) is 18.2 Å². The van der Waals surface area contributed by atoms with Crippen molar-refractivity contribution in [3.63, 3.8) is 0 Å². The molecule has 0 amide bonds. The zero-order valence-electron chi connectivity index (χ0n) is 19.6. The molecule has 2 aromatic carbocycles. The number of hydrogen-bond acceptors (Lipinski definition) is 3. The fourth-order valence-corrected chi connectivity index (χ4v) is 5.50. The lowest BCUT2D eigenvalue weighted by molar-refractivity contribution is 0.0733. The van der Waals surface area contributed by atoms with E-state index in [4.69, 9.17) is 9.47 Å². The Balaban J connectivity index is 1.41. The highest BCUT2D eigenvalue weighted by Gasteiger charge is 2.37. The molecule has 2 aliphatic carbocycles. The summed E-state index contributed by atoms with van der Waals surface area (Å²) in [7, 11) is 0. The number of fused-ring (bicyclic) bond motifs is 1. The van der Waals surface area contributed by atoms with E-state index in [0.29, 0.717) is 30.1 Å². The largest absolute Gasteiger partial charge is 0.490 e. The molecular formula is C29H32F2O3. The first-order valence-corrected chi connectivity index (χ1v) is 12.2. The Morgan fingerprint density at radius 1 is 1.00 bits per heavy atom. The van der Waals surface area contributed by atoms with Crippen LogP contribution in [0.3, 0.4) is 0 Å². The van der Waals surface area contributed by atoms with Gasteiger partial charge in [-0.25, -0.2) is 13.6 Å². The number of halogens is 2. The van der Waals surface area contributed by atoms with E-state index in [2.05, 4.69) is 6.58 Å². The molecule has 0 saturated heterocycles. The normalized spacial score (nSPS) is 24.4. The predicted octanol–water partition coefficient (Wildman–Crippen LogP) is 7.62. The molecule has 2 aromatic rings. The Kier molecular flexibility index (Phi) is 7.81. The molecule has 0 N–H and O–H groups in total. The molecule has 4 unspecified atom stereocenters. The number of esters is 1. The summed E-state index contributed by atoms with van der Waals surface area (Å²) in [6.07, 6.45) is 11.7. The Bertz CT molecular complexity index is 1020. The van der Waals surface area contributed by atoms with Crippen molar-refractivity contribution in [1.29, 1.82) is 0 Å². The highest BCUT2D eigenvalue weighted by atomic mass is 19.1. The first kappa shape index (κ1) is 24.2. The summed E-state index contributed by atoms with van der Waals surface area (Å²) in [5.74, 6) is 0.329. The van der Waals surface area contributed by atoms with Crippen LogP contribution in [0.25, 0.3) is 0 Å². The fourth-order valence-electron chi connectivity index (χ4n) is 5.50. The lowest BCUT2D eigenvalue weighted by Crippen LogP contribution is -2.30. The first-order chi connectivity index (χ1) is 16.5. The average molecular weight is 467 g/mol. The molecule has 180 valence electrons. The summed E-state index contributed by atoms with van der Waals surface area (Å²) < 4.78 is 40.9. The van der Waals surface area contributed by atoms with Gasteiger partial charge < -0.3 is 9.47 Å². The molecule has 3 nitrogen and oxygen atoms in total. The Morgan fingerprint density at radius 2 is 1.65 bits per heavy atom. The van der Waals surface area contributed by atoms with Crippen molar-refractivity contribution in [2.75, 3.05) is 6.61 Å². The van der Waals surface area contributed by atoms with Crippen molar-refractivity contribution in [3.05, 3.63) is 84.0 Å². The molecular weight excluding hydrogens is 434 g/mol. The molecule has 0 aliphatic heterocycles. The SMILES string of the molecule is C=CC1CCC2CC(c3c(F)cc(C(=O)Oc4ccc(OC/C=C/C)cc4)cc3F)CCC2C1. The zero-order chi connectivity index (χ0) is 24.1. The van der Waals surface area contributed by atoms with Crippen molar-refractivity contribution >= 4 is 5.97 Å². The molecule has 2 fully saturated rings. The second-order valence-corrected chi connectivity index (χ2v) is 9.43. The maximum Gasteiger partial charge on any atom is 0.343 e. The van der Waals surface area contributed by atoms with Gasteiger partial charge in [-0.15, -0.1) is 6.58 Å². The second kappa shape index (κ2) is 11.0. The van der Waals surface area contributed by atoms with Crippen molar-refractivity contribution in [2.24, 2.45) is 17.8 Å². The monoisotopic (exact) mass is 466 g/mol. The number of carbonyl (C=O) groups is 1. The molecule has 0 aromatic heterocycles. The average Bonchev–Trinajstić information content (AvgIpc) is 2.84. The number of benzene rings is 2. The first-order valence-electron chi connectivity index (χ1n) is 12.2. The standard InChI is InChI=1S/C29H32F2O3/c1-3-5-14-33-24-10-12-25(13-11-24)34-29(32)23-17-26(30)28(27(31)18-23)22-9-8-20-15-19(4-2)6-7-21(20)16-22/h3-5,10-13,17-22H,2,6-9,14-16H2,1H3/b5-3+. The van der Waals surface area contributed by atoms with Crippen LogP contribution in [-0.2, 0) is 0 Å². The van der Waals surface area contributed by atoms with Gasteiger partial charge in [0, 0.05) is 5.56 Å². The number of ether oxygens (including phenoxy) is 2. The fraction of sp³-hybridized carbons (Fsp3) is 0.414. The second-order valence-electron chi connectivity index (χ2n) is 9.43. The van der Waals surface area contributed by atoms with Gasteiger partial charge in [0.1, 0.15) is 29.7 Å². The molecule has 34 heavy (non-hydrogen) atoms. The summed E-state index contributed by atoms with van der Waals surface area (Å²) in [6, 6.07) is 8.74. The van der Waals surface area contributed by atoms with E-state index in [9.17, 15) is 4.79 Å². The van der Waals surface area contributed by atoms with Crippen LogP contribution >= 0.6 is 0 Å². The van der Waals surface area contributed by atoms with E-state index in [1.807, 2.05) is 25.2 Å². The van der Waals surface area contributed by atoms with Crippen molar-refractivity contribution in [3.8, 4) is 11.5 Å². The van der Waals surface area contributed by atoms with E-state index < -0.39 is 17.6 Å². The van der Waals surface area contributed by atoms with Gasteiger partial charge >= 0.3 is 5.97 Å². The van der Waals surface area contributed by atoms with Crippen molar-refractivity contribution in [2.45, 2.75) is 51.4 Å². The van der Waals surface area contributed by atoms with E-state index in [-0.39, 0.29) is 22.8 Å². The molecule has 5 heteroatoms. The van der Waals surface area contributed by atoms with Crippen molar-refractivity contribution < 1.29 is 23.0 Å². The minimum Gasteiger partial charge on any atom is -0.490 e. The third-order valence-electron chi connectivity index (χ3n) is 7.33. The minimum atomic E-state index is -0.793. The van der Waals surface area contributed by atoms with Crippen LogP contribution in [0.15, 0.2) is 61.2 Å². The lowest BCUT2D eigenvalue weighted by Gasteiger charge is -2.41. The van der Waals surface area contributed by atoms with Crippen LogP contribution in [0.1, 0.15) is 67.3 Å². The van der Waals surface area contributed by atoms with Gasteiger partial charge in [0.25, 0.3) is 0 Å². The minimum absolute atomic E-state index is 0.114. The van der Waals surface area contributed by atoms with Crippen LogP contribution in [0.2, 0.25) is 0 Å². The lowest BCUT2D eigenvalue weighted by atomic mass is 9.64. The van der Waals surface area contributed by atoms with E-state index in [1.54, 1.807) is 24.3 Å². The maximum absolute atomic E-state index is 15.1. The molecule has 0 bridgehead atoms. The summed E-state index contributed by atoms with van der Waals surface area (Å²) in [4.78, 5) is 12.5. The molecule has 0 radical (unpaired) electrons. The summed E-state index contributed by atoms with van der Waals surface area (Å²) in [6.45, 7) is 6.28. The molecule has 2 saturated carbocycles. The Morgan fingerprint density at radius 3 is 2.32 bits per heavy atom.